The van der Waals surface area contributed by atoms with E-state index in [1.807, 2.05) is 6.20 Å². The van der Waals surface area contributed by atoms with Crippen LogP contribution < -0.4 is 5.32 Å². The third-order valence-corrected chi connectivity index (χ3v) is 4.01. The lowest BCUT2D eigenvalue weighted by atomic mass is 10.0. The van der Waals surface area contributed by atoms with Crippen LogP contribution in [0.15, 0.2) is 17.3 Å². The molecule has 0 bridgehead atoms. The number of nitrogens with one attached hydrogen (secondary N) is 1. The molecule has 1 N–H and O–H groups in total. The summed E-state index contributed by atoms with van der Waals surface area (Å²) < 4.78 is 4.10. The van der Waals surface area contributed by atoms with E-state index in [1.54, 1.807) is 11.5 Å². The lowest BCUT2D eigenvalue weighted by Gasteiger charge is -2.32. The van der Waals surface area contributed by atoms with Gasteiger partial charge < -0.3 is 10.2 Å². The van der Waals surface area contributed by atoms with Crippen molar-refractivity contribution in [2.24, 2.45) is 4.99 Å². The molecule has 1 atom stereocenters. The molecule has 1 aromatic heterocycles. The van der Waals surface area contributed by atoms with Gasteiger partial charge in [-0.15, -0.1) is 24.0 Å². The maximum Gasteiger partial charge on any atom is 0.194 e. The summed E-state index contributed by atoms with van der Waals surface area (Å²) in [6, 6.07) is 2.72. The van der Waals surface area contributed by atoms with Gasteiger partial charge in [0.15, 0.2) is 5.96 Å². The van der Waals surface area contributed by atoms with Crippen LogP contribution in [-0.2, 0) is 6.54 Å². The molecule has 0 amide bonds. The van der Waals surface area contributed by atoms with Crippen LogP contribution in [-0.4, -0.2) is 34.4 Å². The van der Waals surface area contributed by atoms with Gasteiger partial charge in [-0.3, -0.25) is 4.99 Å². The molecule has 3 heterocycles. The SMILES string of the molecule is I.c1cc(CNC2=NC[C@@H]3CCCCN23)sn1. The molecule has 1 saturated heterocycles. The average Bonchev–Trinajstić information content (AvgIpc) is 2.96. The van der Waals surface area contributed by atoms with Crippen molar-refractivity contribution in [1.29, 1.82) is 0 Å². The Bertz CT molecular complexity index is 379. The lowest BCUT2D eigenvalue weighted by molar-refractivity contribution is 0.262. The van der Waals surface area contributed by atoms with E-state index in [-0.39, 0.29) is 24.0 Å². The number of aromatic nitrogens is 1. The van der Waals surface area contributed by atoms with Crippen LogP contribution in [0.2, 0.25) is 0 Å². The molecule has 0 aromatic carbocycles. The van der Waals surface area contributed by atoms with Crippen molar-refractivity contribution in [3.63, 3.8) is 0 Å². The fourth-order valence-corrected chi connectivity index (χ4v) is 2.92. The highest BCUT2D eigenvalue weighted by atomic mass is 127. The van der Waals surface area contributed by atoms with E-state index < -0.39 is 0 Å². The number of piperidine rings is 1. The Morgan fingerprint density at radius 1 is 1.47 bits per heavy atom. The highest BCUT2D eigenvalue weighted by Crippen LogP contribution is 2.21. The van der Waals surface area contributed by atoms with Crippen LogP contribution in [0.3, 0.4) is 0 Å². The van der Waals surface area contributed by atoms with Gasteiger partial charge in [-0.05, 0) is 36.9 Å². The van der Waals surface area contributed by atoms with Gasteiger partial charge in [-0.2, -0.15) is 0 Å². The molecule has 0 spiro atoms. The molecule has 17 heavy (non-hydrogen) atoms. The largest absolute Gasteiger partial charge is 0.351 e. The first-order valence-corrected chi connectivity index (χ1v) is 6.65. The number of guanidine groups is 1. The van der Waals surface area contributed by atoms with E-state index in [2.05, 4.69) is 25.6 Å². The van der Waals surface area contributed by atoms with Crippen molar-refractivity contribution < 1.29 is 0 Å². The quantitative estimate of drug-likeness (QED) is 0.817. The number of fused-ring (bicyclic) bond motifs is 1. The highest BCUT2D eigenvalue weighted by molar-refractivity contribution is 14.0. The number of nitrogens with zero attached hydrogens (tertiary/aromatic N) is 3. The summed E-state index contributed by atoms with van der Waals surface area (Å²) in [4.78, 5) is 8.30. The summed E-state index contributed by atoms with van der Waals surface area (Å²) in [7, 11) is 0. The maximum atomic E-state index is 4.60. The standard InChI is InChI=1S/C11H16N4S.HI/c1-2-6-15-9(3-1)7-12-11(15)13-8-10-4-5-14-16-10;/h4-5,9H,1-3,6-8H2,(H,12,13);1H/t9-;/m0./s1. The summed E-state index contributed by atoms with van der Waals surface area (Å²) in [6.45, 7) is 3.00. The normalized spacial score (nSPS) is 22.7. The summed E-state index contributed by atoms with van der Waals surface area (Å²) in [6.07, 6.45) is 5.81. The van der Waals surface area contributed by atoms with E-state index in [0.29, 0.717) is 6.04 Å². The number of aliphatic imine (C=N–C) groups is 1. The van der Waals surface area contributed by atoms with Gasteiger partial charge in [-0.25, -0.2) is 4.37 Å². The van der Waals surface area contributed by atoms with Gasteiger partial charge in [0.05, 0.1) is 19.1 Å². The molecule has 2 aliphatic rings. The van der Waals surface area contributed by atoms with Crippen molar-refractivity contribution in [2.75, 3.05) is 13.1 Å². The molecule has 0 radical (unpaired) electrons. The lowest BCUT2D eigenvalue weighted by Crippen LogP contribution is -2.45. The van der Waals surface area contributed by atoms with E-state index in [4.69, 9.17) is 0 Å². The molecule has 3 rings (SSSR count). The van der Waals surface area contributed by atoms with Gasteiger partial charge in [0, 0.05) is 17.6 Å². The average molecular weight is 364 g/mol. The third kappa shape index (κ3) is 2.90. The van der Waals surface area contributed by atoms with Crippen molar-refractivity contribution in [2.45, 2.75) is 31.8 Å². The fourth-order valence-electron chi connectivity index (χ4n) is 2.41. The molecule has 94 valence electrons. The van der Waals surface area contributed by atoms with Crippen LogP contribution in [0.4, 0.5) is 0 Å². The predicted molar refractivity (Wildman–Crippen MR) is 81.0 cm³/mol. The van der Waals surface area contributed by atoms with E-state index in [1.165, 1.54) is 30.7 Å². The molecular weight excluding hydrogens is 347 g/mol. The monoisotopic (exact) mass is 364 g/mol. The second-order valence-electron chi connectivity index (χ2n) is 4.34. The van der Waals surface area contributed by atoms with E-state index in [0.717, 1.165) is 19.0 Å². The summed E-state index contributed by atoms with van der Waals surface area (Å²) in [5, 5.41) is 3.43. The number of hydrogen-bond acceptors (Lipinski definition) is 5. The molecule has 0 aliphatic carbocycles. The zero-order valence-corrected chi connectivity index (χ0v) is 12.8. The molecule has 1 fully saturated rings. The molecule has 4 nitrogen and oxygen atoms in total. The van der Waals surface area contributed by atoms with Crippen molar-refractivity contribution in [1.82, 2.24) is 14.6 Å². The minimum Gasteiger partial charge on any atom is -0.351 e. The first-order chi connectivity index (χ1) is 7.93. The fraction of sp³-hybridized carbons (Fsp3) is 0.636. The van der Waals surface area contributed by atoms with Gasteiger partial charge in [-0.1, -0.05) is 0 Å². The molecule has 0 unspecified atom stereocenters. The summed E-state index contributed by atoms with van der Waals surface area (Å²) >= 11 is 1.55. The van der Waals surface area contributed by atoms with Gasteiger partial charge in [0.25, 0.3) is 0 Å². The molecule has 6 heteroatoms. The van der Waals surface area contributed by atoms with Gasteiger partial charge in [0.1, 0.15) is 0 Å². The molecule has 0 saturated carbocycles. The molecule has 1 aromatic rings. The molecular formula is C11H17IN4S. The topological polar surface area (TPSA) is 40.5 Å². The highest BCUT2D eigenvalue weighted by Gasteiger charge is 2.29. The Balaban J connectivity index is 0.00000108. The zero-order valence-electron chi connectivity index (χ0n) is 9.63. The first kappa shape index (κ1) is 13.1. The Morgan fingerprint density at radius 3 is 3.24 bits per heavy atom. The van der Waals surface area contributed by atoms with Gasteiger partial charge in [0.2, 0.25) is 0 Å². The maximum absolute atomic E-state index is 4.60. The Morgan fingerprint density at radius 2 is 2.41 bits per heavy atom. The van der Waals surface area contributed by atoms with Gasteiger partial charge >= 0.3 is 0 Å². The zero-order chi connectivity index (χ0) is 10.8. The third-order valence-electron chi connectivity index (χ3n) is 3.26. The first-order valence-electron chi connectivity index (χ1n) is 5.88. The Labute approximate surface area is 123 Å². The summed E-state index contributed by atoms with van der Waals surface area (Å²) in [5.74, 6) is 1.10. The van der Waals surface area contributed by atoms with Crippen LogP contribution in [0.5, 0.6) is 0 Å². The van der Waals surface area contributed by atoms with E-state index in [9.17, 15) is 0 Å². The second-order valence-corrected chi connectivity index (χ2v) is 5.26. The number of hydrogen-bond donors (Lipinski definition) is 1. The second kappa shape index (κ2) is 5.99. The van der Waals surface area contributed by atoms with Crippen LogP contribution in [0.1, 0.15) is 24.1 Å². The van der Waals surface area contributed by atoms with Crippen LogP contribution >= 0.6 is 35.5 Å². The minimum absolute atomic E-state index is 0. The van der Waals surface area contributed by atoms with Crippen molar-refractivity contribution in [3.05, 3.63) is 17.1 Å². The Hall–Kier alpha value is -0.370. The van der Waals surface area contributed by atoms with Crippen molar-refractivity contribution >= 4 is 41.5 Å². The van der Waals surface area contributed by atoms with Crippen LogP contribution in [0, 0.1) is 0 Å². The predicted octanol–water partition coefficient (Wildman–Crippen LogP) is 2.07. The molecule has 2 aliphatic heterocycles. The number of rotatable bonds is 2. The van der Waals surface area contributed by atoms with Crippen LogP contribution in [0.25, 0.3) is 0 Å². The summed E-state index contributed by atoms with van der Waals surface area (Å²) in [5.41, 5.74) is 0. The van der Waals surface area contributed by atoms with Crippen molar-refractivity contribution in [3.8, 4) is 0 Å². The smallest absolute Gasteiger partial charge is 0.194 e. The Kier molecular flexibility index (Phi) is 4.61. The minimum atomic E-state index is 0. The van der Waals surface area contributed by atoms with E-state index >= 15 is 0 Å². The number of halogens is 1.